The topological polar surface area (TPSA) is 105 Å². The molecule has 0 spiro atoms. The summed E-state index contributed by atoms with van der Waals surface area (Å²) in [6.45, 7) is 1.47. The fraction of sp³-hybridized carbons (Fsp3) is 0.238. The van der Waals surface area contributed by atoms with Gasteiger partial charge in [0, 0.05) is 40.0 Å². The molecule has 1 heterocycles. The second-order valence-corrected chi connectivity index (χ2v) is 8.56. The van der Waals surface area contributed by atoms with Crippen molar-refractivity contribution in [2.75, 3.05) is 32.5 Å². The largest absolute Gasteiger partial charge is 0.352 e. The number of hydrogen-bond donors (Lipinski definition) is 2. The number of nitrogens with zero attached hydrogens (tertiary/aromatic N) is 2. The molecule has 0 unspecified atom stereocenters. The Bertz CT molecular complexity index is 1130. The number of nitro groups is 1. The van der Waals surface area contributed by atoms with Crippen LogP contribution in [0.1, 0.15) is 26.5 Å². The molecule has 0 aliphatic rings. The number of anilines is 1. The van der Waals surface area contributed by atoms with Crippen molar-refractivity contribution in [1.82, 2.24) is 10.2 Å². The quantitative estimate of drug-likeness (QED) is 0.264. The van der Waals surface area contributed by atoms with E-state index in [4.69, 9.17) is 11.6 Å². The minimum atomic E-state index is -0.493. The van der Waals surface area contributed by atoms with Crippen molar-refractivity contribution in [1.29, 1.82) is 0 Å². The summed E-state index contributed by atoms with van der Waals surface area (Å²) in [5.41, 5.74) is 0.941. The zero-order valence-corrected chi connectivity index (χ0v) is 19.8. The van der Waals surface area contributed by atoms with Gasteiger partial charge in [0.1, 0.15) is 4.88 Å². The lowest BCUT2D eigenvalue weighted by molar-refractivity contribution is -0.384. The number of carbonyl (C=O) groups excluding carboxylic acids is 2. The molecule has 1 aromatic heterocycles. The van der Waals surface area contributed by atoms with Gasteiger partial charge in [0.2, 0.25) is 0 Å². The molecule has 0 atom stereocenters. The number of fused-ring (bicyclic) bond motifs is 1. The Labute approximate surface area is 200 Å². The van der Waals surface area contributed by atoms with E-state index in [1.54, 1.807) is 24.3 Å². The molecule has 0 radical (unpaired) electrons. The number of hydrogen-bond acceptors (Lipinski definition) is 6. The Morgan fingerprint density at radius 1 is 1.12 bits per heavy atom. The van der Waals surface area contributed by atoms with Crippen molar-refractivity contribution < 1.29 is 14.5 Å². The third-order valence-electron chi connectivity index (χ3n) is 4.50. The monoisotopic (exact) mass is 496 g/mol. The molecule has 170 valence electrons. The number of non-ortho nitro benzene ring substituents is 1. The molecule has 0 saturated carbocycles. The van der Waals surface area contributed by atoms with Crippen molar-refractivity contribution in [2.45, 2.75) is 6.42 Å². The van der Waals surface area contributed by atoms with Crippen LogP contribution < -0.4 is 10.6 Å². The smallest absolute Gasteiger partial charge is 0.270 e. The van der Waals surface area contributed by atoms with E-state index in [1.807, 2.05) is 19.0 Å². The molecule has 11 heteroatoms. The molecular formula is C21H22Cl2N4O4S. The number of nitrogens with one attached hydrogen (secondary N) is 2. The summed E-state index contributed by atoms with van der Waals surface area (Å²) >= 11 is 7.41. The summed E-state index contributed by atoms with van der Waals surface area (Å²) in [6.07, 6.45) is 0.853. The third kappa shape index (κ3) is 6.17. The van der Waals surface area contributed by atoms with Gasteiger partial charge in [0.05, 0.1) is 9.95 Å². The number of rotatable bonds is 8. The summed E-state index contributed by atoms with van der Waals surface area (Å²) in [6, 6.07) is 10.8. The van der Waals surface area contributed by atoms with Gasteiger partial charge >= 0.3 is 0 Å². The summed E-state index contributed by atoms with van der Waals surface area (Å²) in [4.78, 5) is 37.6. The SMILES string of the molecule is CN(C)CCCNC(=O)c1ccc(NC(=O)c2sc3cc([N+](=O)[O-])ccc3c2Cl)cc1.Cl. The summed E-state index contributed by atoms with van der Waals surface area (Å²) < 4.78 is 0.561. The molecule has 0 saturated heterocycles. The van der Waals surface area contributed by atoms with Crippen molar-refractivity contribution >= 4 is 68.6 Å². The predicted octanol–water partition coefficient (Wildman–Crippen LogP) is 4.82. The lowest BCUT2D eigenvalue weighted by Crippen LogP contribution is -2.27. The maximum Gasteiger partial charge on any atom is 0.270 e. The van der Waals surface area contributed by atoms with E-state index in [0.29, 0.717) is 27.9 Å². The minimum absolute atomic E-state index is 0. The second-order valence-electron chi connectivity index (χ2n) is 7.13. The molecule has 0 aliphatic carbocycles. The fourth-order valence-corrected chi connectivity index (χ4v) is 4.35. The summed E-state index contributed by atoms with van der Waals surface area (Å²) in [7, 11) is 3.95. The zero-order chi connectivity index (χ0) is 22.5. The molecule has 32 heavy (non-hydrogen) atoms. The highest BCUT2D eigenvalue weighted by Gasteiger charge is 2.19. The van der Waals surface area contributed by atoms with Gasteiger partial charge < -0.3 is 15.5 Å². The fourth-order valence-electron chi connectivity index (χ4n) is 2.91. The molecule has 0 bridgehead atoms. The Balaban J connectivity index is 0.00000363. The van der Waals surface area contributed by atoms with Gasteiger partial charge in [0.25, 0.3) is 17.5 Å². The molecule has 2 N–H and O–H groups in total. The number of benzene rings is 2. The van der Waals surface area contributed by atoms with Crippen LogP contribution in [0.25, 0.3) is 10.1 Å². The number of carbonyl (C=O) groups is 2. The average Bonchev–Trinajstić information content (AvgIpc) is 3.07. The predicted molar refractivity (Wildman–Crippen MR) is 131 cm³/mol. The first-order valence-electron chi connectivity index (χ1n) is 9.47. The van der Waals surface area contributed by atoms with E-state index in [0.717, 1.165) is 24.3 Å². The summed E-state index contributed by atoms with van der Waals surface area (Å²) in [5, 5.41) is 17.4. The van der Waals surface area contributed by atoms with Crippen LogP contribution in [0.3, 0.4) is 0 Å². The van der Waals surface area contributed by atoms with Crippen LogP contribution in [0.2, 0.25) is 5.02 Å². The van der Waals surface area contributed by atoms with E-state index in [1.165, 1.54) is 18.2 Å². The van der Waals surface area contributed by atoms with Gasteiger partial charge in [-0.2, -0.15) is 0 Å². The van der Waals surface area contributed by atoms with Gasteiger partial charge in [-0.15, -0.1) is 23.7 Å². The molecule has 0 fully saturated rings. The van der Waals surface area contributed by atoms with E-state index in [9.17, 15) is 19.7 Å². The van der Waals surface area contributed by atoms with Crippen LogP contribution in [0.5, 0.6) is 0 Å². The lowest BCUT2D eigenvalue weighted by atomic mass is 10.2. The normalized spacial score (nSPS) is 10.6. The number of thiophene rings is 1. The van der Waals surface area contributed by atoms with Gasteiger partial charge in [-0.3, -0.25) is 19.7 Å². The first kappa shape index (κ1) is 25.5. The van der Waals surface area contributed by atoms with Crippen molar-refractivity contribution in [3.63, 3.8) is 0 Å². The van der Waals surface area contributed by atoms with Gasteiger partial charge in [0.15, 0.2) is 0 Å². The number of halogens is 2. The van der Waals surface area contributed by atoms with E-state index in [2.05, 4.69) is 10.6 Å². The van der Waals surface area contributed by atoms with Crippen LogP contribution in [0, 0.1) is 10.1 Å². The minimum Gasteiger partial charge on any atom is -0.352 e. The van der Waals surface area contributed by atoms with Gasteiger partial charge in [-0.1, -0.05) is 11.6 Å². The Hall–Kier alpha value is -2.72. The molecule has 0 aliphatic heterocycles. The van der Waals surface area contributed by atoms with Crippen LogP contribution in [0.15, 0.2) is 42.5 Å². The first-order chi connectivity index (χ1) is 14.8. The van der Waals surface area contributed by atoms with Crippen LogP contribution in [-0.2, 0) is 0 Å². The lowest BCUT2D eigenvalue weighted by Gasteiger charge is -2.10. The van der Waals surface area contributed by atoms with E-state index >= 15 is 0 Å². The molecule has 2 aromatic carbocycles. The standard InChI is InChI=1S/C21H21ClN4O4S.ClH/c1-25(2)11-3-10-23-20(27)13-4-6-14(7-5-13)24-21(28)19-18(22)16-9-8-15(26(29)30)12-17(16)31-19;/h4-9,12H,3,10-11H2,1-2H3,(H,23,27)(H,24,28);1H. The summed E-state index contributed by atoms with van der Waals surface area (Å²) in [5.74, 6) is -0.597. The van der Waals surface area contributed by atoms with E-state index in [-0.39, 0.29) is 33.9 Å². The van der Waals surface area contributed by atoms with Crippen molar-refractivity contribution in [3.05, 3.63) is 68.0 Å². The third-order valence-corrected chi connectivity index (χ3v) is 6.16. The highest BCUT2D eigenvalue weighted by molar-refractivity contribution is 7.21. The number of amides is 2. The van der Waals surface area contributed by atoms with Crippen LogP contribution >= 0.6 is 35.3 Å². The molecule has 3 aromatic rings. The Kier molecular flexibility index (Phi) is 8.97. The average molecular weight is 497 g/mol. The molecule has 8 nitrogen and oxygen atoms in total. The van der Waals surface area contributed by atoms with Crippen LogP contribution in [0.4, 0.5) is 11.4 Å². The Morgan fingerprint density at radius 3 is 2.44 bits per heavy atom. The molecule has 2 amide bonds. The van der Waals surface area contributed by atoms with Gasteiger partial charge in [-0.05, 0) is 57.4 Å². The van der Waals surface area contributed by atoms with Gasteiger partial charge in [-0.25, -0.2) is 0 Å². The second kappa shape index (κ2) is 11.2. The zero-order valence-electron chi connectivity index (χ0n) is 17.4. The first-order valence-corrected chi connectivity index (χ1v) is 10.7. The Morgan fingerprint density at radius 2 is 1.81 bits per heavy atom. The number of nitro benzene ring substituents is 1. The maximum atomic E-state index is 12.7. The maximum absolute atomic E-state index is 12.7. The molecular weight excluding hydrogens is 475 g/mol. The highest BCUT2D eigenvalue weighted by atomic mass is 35.5. The highest BCUT2D eigenvalue weighted by Crippen LogP contribution is 2.37. The van der Waals surface area contributed by atoms with Crippen LogP contribution in [-0.4, -0.2) is 48.8 Å². The van der Waals surface area contributed by atoms with E-state index < -0.39 is 10.8 Å². The van der Waals surface area contributed by atoms with Crippen molar-refractivity contribution in [3.8, 4) is 0 Å². The van der Waals surface area contributed by atoms with Crippen molar-refractivity contribution in [2.24, 2.45) is 0 Å². The molecule has 3 rings (SSSR count).